The number of halogens is 1. The summed E-state index contributed by atoms with van der Waals surface area (Å²) in [5.41, 5.74) is 5.75. The highest BCUT2D eigenvalue weighted by molar-refractivity contribution is 5.40. The van der Waals surface area contributed by atoms with Crippen molar-refractivity contribution in [2.75, 3.05) is 7.05 Å². The molecule has 1 nitrogen and oxygen atoms in total. The van der Waals surface area contributed by atoms with Crippen molar-refractivity contribution in [3.8, 4) is 0 Å². The molecule has 0 bridgehead atoms. The van der Waals surface area contributed by atoms with Gasteiger partial charge in [0.15, 0.2) is 0 Å². The molecule has 1 saturated carbocycles. The molecular formula is C25H36FN. The second-order valence-corrected chi connectivity index (χ2v) is 8.57. The minimum atomic E-state index is -0.980. The van der Waals surface area contributed by atoms with E-state index in [1.165, 1.54) is 11.1 Å². The zero-order chi connectivity index (χ0) is 20.2. The van der Waals surface area contributed by atoms with Crippen LogP contribution in [0.15, 0.2) is 54.8 Å². The molecule has 1 fully saturated rings. The molecule has 1 aliphatic carbocycles. The Balaban J connectivity index is 2.26. The van der Waals surface area contributed by atoms with E-state index in [0.29, 0.717) is 24.8 Å². The van der Waals surface area contributed by atoms with E-state index in [9.17, 15) is 4.39 Å². The van der Waals surface area contributed by atoms with E-state index in [1.54, 1.807) is 6.92 Å². The lowest BCUT2D eigenvalue weighted by Crippen LogP contribution is -2.46. The highest BCUT2D eigenvalue weighted by atomic mass is 19.1. The second-order valence-electron chi connectivity index (χ2n) is 8.57. The molecule has 0 saturated heterocycles. The van der Waals surface area contributed by atoms with Gasteiger partial charge >= 0.3 is 0 Å². The number of rotatable bonds is 7. The van der Waals surface area contributed by atoms with Gasteiger partial charge in [0, 0.05) is 23.6 Å². The molecule has 1 aromatic rings. The number of hydrogen-bond acceptors (Lipinski definition) is 1. The summed E-state index contributed by atoms with van der Waals surface area (Å²) in [6, 6.07) is 9.20. The van der Waals surface area contributed by atoms with Crippen LogP contribution in [0.1, 0.15) is 63.5 Å². The van der Waals surface area contributed by atoms with Gasteiger partial charge in [0.2, 0.25) is 0 Å². The van der Waals surface area contributed by atoms with Crippen LogP contribution in [0.3, 0.4) is 0 Å². The Bertz CT molecular complexity index is 688. The molecule has 27 heavy (non-hydrogen) atoms. The standard InChI is InChI=1S/C25H36FN/c1-8-21(9-2)24(23-13-11-10-12-18(23)3)20(5)27(7)19(4)22-14-16-25(6,26)17-15-22/h8,10-13,19-20,22,24H,1-2,14-17H2,3-7H3. The number of allylic oxidation sites excluding steroid dienone is 1. The lowest BCUT2D eigenvalue weighted by molar-refractivity contribution is 0.0551. The van der Waals surface area contributed by atoms with Gasteiger partial charge in [-0.1, -0.05) is 43.5 Å². The number of aryl methyl sites for hydroxylation is 1. The van der Waals surface area contributed by atoms with Crippen LogP contribution < -0.4 is 0 Å². The monoisotopic (exact) mass is 369 g/mol. The number of nitrogens with zero attached hydrogens (tertiary/aromatic N) is 1. The van der Waals surface area contributed by atoms with Crippen molar-refractivity contribution in [3.63, 3.8) is 0 Å². The molecule has 2 rings (SSSR count). The van der Waals surface area contributed by atoms with Crippen molar-refractivity contribution in [1.82, 2.24) is 4.90 Å². The van der Waals surface area contributed by atoms with Gasteiger partial charge < -0.3 is 0 Å². The third kappa shape index (κ3) is 5.00. The fraction of sp³-hybridized carbons (Fsp3) is 0.560. The van der Waals surface area contributed by atoms with E-state index in [4.69, 9.17) is 0 Å². The van der Waals surface area contributed by atoms with Gasteiger partial charge in [-0.25, -0.2) is 4.39 Å². The summed E-state index contributed by atoms with van der Waals surface area (Å²) in [7, 11) is 2.20. The molecular weight excluding hydrogens is 333 g/mol. The Kier molecular flexibility index (Phi) is 7.25. The van der Waals surface area contributed by atoms with Crippen LogP contribution >= 0.6 is 0 Å². The van der Waals surface area contributed by atoms with Crippen molar-refractivity contribution in [1.29, 1.82) is 0 Å². The lowest BCUT2D eigenvalue weighted by Gasteiger charge is -2.42. The summed E-state index contributed by atoms with van der Waals surface area (Å²) in [6.07, 6.45) is 5.16. The quantitative estimate of drug-likeness (QED) is 0.386. The maximum Gasteiger partial charge on any atom is 0.108 e. The number of alkyl halides is 1. The van der Waals surface area contributed by atoms with Crippen LogP contribution in [-0.2, 0) is 0 Å². The van der Waals surface area contributed by atoms with Crippen LogP contribution in [-0.4, -0.2) is 29.7 Å². The van der Waals surface area contributed by atoms with Crippen molar-refractivity contribution in [2.45, 2.75) is 77.0 Å². The molecule has 148 valence electrons. The van der Waals surface area contributed by atoms with Crippen LogP contribution in [0.2, 0.25) is 0 Å². The van der Waals surface area contributed by atoms with E-state index < -0.39 is 5.67 Å². The molecule has 0 N–H and O–H groups in total. The molecule has 1 aliphatic rings. The topological polar surface area (TPSA) is 3.24 Å². The van der Waals surface area contributed by atoms with Gasteiger partial charge in [0.25, 0.3) is 0 Å². The summed E-state index contributed by atoms with van der Waals surface area (Å²) in [5, 5.41) is 0. The Labute approximate surface area is 165 Å². The fourth-order valence-electron chi connectivity index (χ4n) is 4.60. The van der Waals surface area contributed by atoms with Crippen molar-refractivity contribution < 1.29 is 4.39 Å². The maximum atomic E-state index is 14.2. The first-order valence-electron chi connectivity index (χ1n) is 10.2. The molecule has 0 heterocycles. The molecule has 3 unspecified atom stereocenters. The van der Waals surface area contributed by atoms with E-state index >= 15 is 0 Å². The maximum absolute atomic E-state index is 14.2. The Morgan fingerprint density at radius 3 is 2.41 bits per heavy atom. The summed E-state index contributed by atoms with van der Waals surface area (Å²) in [5.74, 6) is 0.711. The average Bonchev–Trinajstić information content (AvgIpc) is 2.65. The third-order valence-electron chi connectivity index (χ3n) is 6.80. The normalized spacial score (nSPS) is 26.1. The largest absolute Gasteiger partial charge is 0.300 e. The summed E-state index contributed by atoms with van der Waals surface area (Å²) in [4.78, 5) is 2.46. The predicted octanol–water partition coefficient (Wildman–Crippen LogP) is 6.60. The van der Waals surface area contributed by atoms with E-state index in [1.807, 2.05) is 6.08 Å². The van der Waals surface area contributed by atoms with Gasteiger partial charge in [-0.15, -0.1) is 5.73 Å². The van der Waals surface area contributed by atoms with Crippen LogP contribution in [0, 0.1) is 12.8 Å². The zero-order valence-corrected chi connectivity index (χ0v) is 17.8. The number of likely N-dealkylation sites (N-methyl/N-ethyl adjacent to an activating group) is 1. The second kappa shape index (κ2) is 9.04. The first-order chi connectivity index (χ1) is 12.7. The van der Waals surface area contributed by atoms with E-state index in [2.05, 4.69) is 75.9 Å². The Hall–Kier alpha value is -1.63. The molecule has 0 aromatic heterocycles. The summed E-state index contributed by atoms with van der Waals surface area (Å²) in [6.45, 7) is 16.4. The molecule has 1 aromatic carbocycles. The molecule has 2 heteroatoms. The van der Waals surface area contributed by atoms with Gasteiger partial charge in [-0.05, 0) is 77.5 Å². The Morgan fingerprint density at radius 2 is 1.89 bits per heavy atom. The fourth-order valence-corrected chi connectivity index (χ4v) is 4.60. The third-order valence-corrected chi connectivity index (χ3v) is 6.80. The van der Waals surface area contributed by atoms with Crippen molar-refractivity contribution >= 4 is 0 Å². The van der Waals surface area contributed by atoms with Gasteiger partial charge in [0.05, 0.1) is 0 Å². The van der Waals surface area contributed by atoms with Crippen LogP contribution in [0.25, 0.3) is 0 Å². The molecule has 0 radical (unpaired) electrons. The van der Waals surface area contributed by atoms with Crippen LogP contribution in [0.5, 0.6) is 0 Å². The summed E-state index contributed by atoms with van der Waals surface area (Å²) < 4.78 is 14.2. The highest BCUT2D eigenvalue weighted by Gasteiger charge is 2.36. The highest BCUT2D eigenvalue weighted by Crippen LogP contribution is 2.39. The van der Waals surface area contributed by atoms with Crippen LogP contribution in [0.4, 0.5) is 4.39 Å². The zero-order valence-electron chi connectivity index (χ0n) is 17.8. The Morgan fingerprint density at radius 1 is 1.30 bits per heavy atom. The minimum absolute atomic E-state index is 0.170. The van der Waals surface area contributed by atoms with Gasteiger partial charge in [0.1, 0.15) is 5.67 Å². The number of benzene rings is 1. The number of hydrogen-bond donors (Lipinski definition) is 0. The smallest absolute Gasteiger partial charge is 0.108 e. The molecule has 3 atom stereocenters. The van der Waals surface area contributed by atoms with Crippen molar-refractivity contribution in [2.24, 2.45) is 5.92 Å². The molecule has 0 amide bonds. The lowest BCUT2D eigenvalue weighted by atomic mass is 9.76. The SMILES string of the molecule is C=C=C(C=C)C(c1ccccc1C)C(C)N(C)C(C)C1CCC(C)(F)CC1. The molecule has 0 aliphatic heterocycles. The van der Waals surface area contributed by atoms with Gasteiger partial charge in [-0.2, -0.15) is 0 Å². The van der Waals surface area contributed by atoms with Crippen molar-refractivity contribution in [3.05, 3.63) is 65.9 Å². The van der Waals surface area contributed by atoms with E-state index in [0.717, 1.165) is 18.4 Å². The first kappa shape index (κ1) is 21.7. The predicted molar refractivity (Wildman–Crippen MR) is 115 cm³/mol. The van der Waals surface area contributed by atoms with Gasteiger partial charge in [-0.3, -0.25) is 4.90 Å². The minimum Gasteiger partial charge on any atom is -0.300 e. The first-order valence-corrected chi connectivity index (χ1v) is 10.2. The van der Waals surface area contributed by atoms with E-state index in [-0.39, 0.29) is 12.0 Å². The summed E-state index contributed by atoms with van der Waals surface area (Å²) >= 11 is 0. The average molecular weight is 370 g/mol. The molecule has 0 spiro atoms.